The van der Waals surface area contributed by atoms with Gasteiger partial charge in [0.2, 0.25) is 0 Å². The monoisotopic (exact) mass is 448 g/mol. The van der Waals surface area contributed by atoms with E-state index in [1.807, 2.05) is 24.4 Å². The Labute approximate surface area is 194 Å². The fourth-order valence-corrected chi connectivity index (χ4v) is 5.87. The molecule has 0 amide bonds. The van der Waals surface area contributed by atoms with Crippen LogP contribution in [0.4, 0.5) is 0 Å². The Hall–Kier alpha value is -2.13. The average molecular weight is 449 g/mol. The van der Waals surface area contributed by atoms with E-state index in [0.717, 1.165) is 18.7 Å². The number of rotatable bonds is 5. The Kier molecular flexibility index (Phi) is 6.13. The van der Waals surface area contributed by atoms with Gasteiger partial charge in [-0.15, -0.1) is 0 Å². The van der Waals surface area contributed by atoms with Crippen LogP contribution in [0.1, 0.15) is 35.4 Å². The highest BCUT2D eigenvalue weighted by molar-refractivity contribution is 6.38. The lowest BCUT2D eigenvalue weighted by Crippen LogP contribution is -2.59. The highest BCUT2D eigenvalue weighted by Crippen LogP contribution is 2.43. The minimum Gasteiger partial charge on any atom is -0.297 e. The molecule has 2 bridgehead atoms. The van der Waals surface area contributed by atoms with Crippen LogP contribution < -0.4 is 0 Å². The second-order valence-electron chi connectivity index (χ2n) is 8.57. The van der Waals surface area contributed by atoms with E-state index in [2.05, 4.69) is 65.6 Å². The smallest absolute Gasteiger partial charge is 0.0693 e. The van der Waals surface area contributed by atoms with Crippen molar-refractivity contribution >= 4 is 29.4 Å². The summed E-state index contributed by atoms with van der Waals surface area (Å²) in [5, 5.41) is 1.30. The van der Waals surface area contributed by atoms with Crippen molar-refractivity contribution in [2.24, 2.45) is 10.9 Å². The maximum Gasteiger partial charge on any atom is 0.0693 e. The molecule has 2 atom stereocenters. The summed E-state index contributed by atoms with van der Waals surface area (Å²) in [7, 11) is 0. The van der Waals surface area contributed by atoms with Gasteiger partial charge in [-0.1, -0.05) is 89.9 Å². The van der Waals surface area contributed by atoms with E-state index in [1.165, 1.54) is 24.0 Å². The zero-order chi connectivity index (χ0) is 21.2. The lowest BCUT2D eigenvalue weighted by atomic mass is 9.71. The molecule has 31 heavy (non-hydrogen) atoms. The lowest BCUT2D eigenvalue weighted by molar-refractivity contribution is 0.0215. The Morgan fingerprint density at radius 3 is 1.87 bits per heavy atom. The molecule has 6 rings (SSSR count). The SMILES string of the molecule is Clc1cccc(Cl)c1C=N[C@@H]1C2CCN(CC2)[C@@H]1C(c1ccccc1)c1ccccc1. The van der Waals surface area contributed by atoms with E-state index in [1.54, 1.807) is 0 Å². The van der Waals surface area contributed by atoms with Crippen LogP contribution in [0.2, 0.25) is 10.0 Å². The van der Waals surface area contributed by atoms with Crippen molar-refractivity contribution < 1.29 is 0 Å². The van der Waals surface area contributed by atoms with Crippen molar-refractivity contribution in [2.75, 3.05) is 13.1 Å². The third-order valence-corrected chi connectivity index (χ3v) is 7.52. The molecule has 0 radical (unpaired) electrons. The van der Waals surface area contributed by atoms with E-state index in [9.17, 15) is 0 Å². The molecule has 0 N–H and O–H groups in total. The molecule has 0 unspecified atom stereocenters. The van der Waals surface area contributed by atoms with E-state index >= 15 is 0 Å². The highest BCUT2D eigenvalue weighted by atomic mass is 35.5. The molecule has 0 aliphatic carbocycles. The van der Waals surface area contributed by atoms with Gasteiger partial charge in [-0.05, 0) is 55.1 Å². The lowest BCUT2D eigenvalue weighted by Gasteiger charge is -2.52. The summed E-state index contributed by atoms with van der Waals surface area (Å²) in [5.74, 6) is 0.858. The van der Waals surface area contributed by atoms with Gasteiger partial charge < -0.3 is 0 Å². The molecule has 3 aliphatic heterocycles. The predicted molar refractivity (Wildman–Crippen MR) is 131 cm³/mol. The number of benzene rings is 3. The van der Waals surface area contributed by atoms with E-state index < -0.39 is 0 Å². The van der Waals surface area contributed by atoms with Crippen molar-refractivity contribution in [3.63, 3.8) is 0 Å². The van der Waals surface area contributed by atoms with Crippen LogP contribution in [0.25, 0.3) is 0 Å². The molecule has 3 aliphatic rings. The molecule has 158 valence electrons. The van der Waals surface area contributed by atoms with Crippen LogP contribution in [-0.4, -0.2) is 36.3 Å². The van der Waals surface area contributed by atoms with Gasteiger partial charge in [0.1, 0.15) is 0 Å². The Bertz CT molecular complexity index is 984. The number of hydrogen-bond donors (Lipinski definition) is 0. The van der Waals surface area contributed by atoms with E-state index in [-0.39, 0.29) is 12.0 Å². The molecular formula is C27H26Cl2N2. The number of fused-ring (bicyclic) bond motifs is 3. The molecular weight excluding hydrogens is 423 g/mol. The molecule has 0 saturated carbocycles. The van der Waals surface area contributed by atoms with Crippen molar-refractivity contribution in [3.8, 4) is 0 Å². The van der Waals surface area contributed by atoms with Crippen molar-refractivity contribution in [1.29, 1.82) is 0 Å². The first-order valence-corrected chi connectivity index (χ1v) is 11.8. The summed E-state index contributed by atoms with van der Waals surface area (Å²) in [6, 6.07) is 27.9. The minimum absolute atomic E-state index is 0.209. The first-order chi connectivity index (χ1) is 15.2. The second-order valence-corrected chi connectivity index (χ2v) is 9.38. The summed E-state index contributed by atoms with van der Waals surface area (Å²) in [6.45, 7) is 2.29. The quantitative estimate of drug-likeness (QED) is 0.396. The Morgan fingerprint density at radius 2 is 1.32 bits per heavy atom. The first kappa shape index (κ1) is 20.8. The number of halogens is 2. The molecule has 2 nitrogen and oxygen atoms in total. The number of hydrogen-bond acceptors (Lipinski definition) is 2. The van der Waals surface area contributed by atoms with Gasteiger partial charge in [0.25, 0.3) is 0 Å². The van der Waals surface area contributed by atoms with E-state index in [4.69, 9.17) is 28.2 Å². The zero-order valence-corrected chi connectivity index (χ0v) is 18.9. The van der Waals surface area contributed by atoms with Crippen LogP contribution in [0.5, 0.6) is 0 Å². The fourth-order valence-electron chi connectivity index (χ4n) is 5.37. The molecule has 4 heteroatoms. The average Bonchev–Trinajstić information content (AvgIpc) is 2.82. The highest BCUT2D eigenvalue weighted by Gasteiger charge is 2.46. The van der Waals surface area contributed by atoms with Crippen molar-refractivity contribution in [1.82, 2.24) is 4.90 Å². The number of nitrogens with zero attached hydrogens (tertiary/aromatic N) is 2. The molecule has 3 heterocycles. The summed E-state index contributed by atoms with van der Waals surface area (Å²) >= 11 is 12.9. The molecule has 3 saturated heterocycles. The third kappa shape index (κ3) is 4.17. The number of aliphatic imine (C=N–C) groups is 1. The van der Waals surface area contributed by atoms with Crippen LogP contribution in [0, 0.1) is 5.92 Å². The summed E-state index contributed by atoms with van der Waals surface area (Å²) in [4.78, 5) is 7.83. The normalized spacial score (nSPS) is 25.4. The van der Waals surface area contributed by atoms with Gasteiger partial charge >= 0.3 is 0 Å². The van der Waals surface area contributed by atoms with Gasteiger partial charge in [0.05, 0.1) is 16.1 Å². The van der Waals surface area contributed by atoms with Gasteiger partial charge in [0, 0.05) is 23.7 Å². The fraction of sp³-hybridized carbons (Fsp3) is 0.296. The molecule has 3 aromatic rings. The van der Waals surface area contributed by atoms with Gasteiger partial charge in [-0.2, -0.15) is 0 Å². The minimum atomic E-state index is 0.209. The maximum absolute atomic E-state index is 6.43. The van der Waals surface area contributed by atoms with Gasteiger partial charge in [0.15, 0.2) is 0 Å². The Balaban J connectivity index is 1.58. The van der Waals surface area contributed by atoms with Crippen molar-refractivity contribution in [2.45, 2.75) is 30.8 Å². The summed E-state index contributed by atoms with van der Waals surface area (Å²) in [6.07, 6.45) is 4.31. The maximum atomic E-state index is 6.43. The van der Waals surface area contributed by atoms with Gasteiger partial charge in [-0.25, -0.2) is 0 Å². The standard InChI is InChI=1S/C27H26Cl2N2/c28-23-12-7-13-24(29)22(23)18-30-26-21-14-16-31(17-15-21)27(26)25(19-8-3-1-4-9-19)20-10-5-2-6-11-20/h1-13,18,21,25-27H,14-17H2/t26-,27-/m1/s1. The molecule has 0 spiro atoms. The van der Waals surface area contributed by atoms with Crippen LogP contribution in [-0.2, 0) is 0 Å². The largest absolute Gasteiger partial charge is 0.297 e. The van der Waals surface area contributed by atoms with Gasteiger partial charge in [-0.3, -0.25) is 9.89 Å². The van der Waals surface area contributed by atoms with Crippen LogP contribution >= 0.6 is 23.2 Å². The second kappa shape index (κ2) is 9.16. The van der Waals surface area contributed by atoms with E-state index in [0.29, 0.717) is 22.0 Å². The van der Waals surface area contributed by atoms with Crippen LogP contribution in [0.3, 0.4) is 0 Å². The summed E-state index contributed by atoms with van der Waals surface area (Å²) in [5.41, 5.74) is 3.52. The number of piperidine rings is 3. The summed E-state index contributed by atoms with van der Waals surface area (Å²) < 4.78 is 0. The third-order valence-electron chi connectivity index (χ3n) is 6.86. The van der Waals surface area contributed by atoms with Crippen molar-refractivity contribution in [3.05, 3.63) is 106 Å². The zero-order valence-electron chi connectivity index (χ0n) is 17.4. The van der Waals surface area contributed by atoms with Crippen LogP contribution in [0.15, 0.2) is 83.9 Å². The molecule has 3 aromatic carbocycles. The first-order valence-electron chi connectivity index (χ1n) is 11.0. The topological polar surface area (TPSA) is 15.6 Å². The Morgan fingerprint density at radius 1 is 0.774 bits per heavy atom. The molecule has 3 fully saturated rings. The predicted octanol–water partition coefficient (Wildman–Crippen LogP) is 6.71. The molecule has 0 aromatic heterocycles.